The zero-order chi connectivity index (χ0) is 27.7. The standard InChI is InChI=1S/C29H23N5O5/c1-18-21(26(36)32(2)24-23(18)28(38)34(31-24)20-14-8-4-9-15-20)16-10-5-11-17-22-25(35)30-29(39)33(27(22)37)19-12-6-3-7-13-19/h3-10,12-17,31,37H,1-2H3,(H,30,35,39). The zero-order valence-corrected chi connectivity index (χ0v) is 21.0. The summed E-state index contributed by atoms with van der Waals surface area (Å²) < 4.78 is 3.76. The van der Waals surface area contributed by atoms with E-state index in [0.717, 1.165) is 4.57 Å². The second-order valence-corrected chi connectivity index (χ2v) is 8.72. The molecule has 0 saturated carbocycles. The number of hydrogen-bond donors (Lipinski definition) is 3. The van der Waals surface area contributed by atoms with Crippen molar-refractivity contribution in [3.8, 4) is 17.3 Å². The molecule has 3 aromatic heterocycles. The molecule has 5 aromatic rings. The molecule has 0 aliphatic rings. The molecule has 39 heavy (non-hydrogen) atoms. The molecule has 0 fully saturated rings. The molecule has 0 saturated heterocycles. The number of rotatable bonds is 5. The monoisotopic (exact) mass is 521 g/mol. The van der Waals surface area contributed by atoms with E-state index in [0.29, 0.717) is 33.5 Å². The van der Waals surface area contributed by atoms with Crippen molar-refractivity contribution in [3.63, 3.8) is 0 Å². The largest absolute Gasteiger partial charge is 0.494 e. The number of para-hydroxylation sites is 2. The third-order valence-corrected chi connectivity index (χ3v) is 6.35. The Balaban J connectivity index is 1.53. The van der Waals surface area contributed by atoms with Gasteiger partial charge in [-0.3, -0.25) is 29.0 Å². The van der Waals surface area contributed by atoms with Gasteiger partial charge in [0.2, 0.25) is 5.88 Å². The molecule has 0 atom stereocenters. The van der Waals surface area contributed by atoms with Crippen LogP contribution in [0.15, 0.2) is 97.7 Å². The van der Waals surface area contributed by atoms with Crippen LogP contribution < -0.4 is 22.4 Å². The van der Waals surface area contributed by atoms with Crippen molar-refractivity contribution >= 4 is 23.2 Å². The minimum atomic E-state index is -0.775. The molecule has 3 heterocycles. The first-order chi connectivity index (χ1) is 18.8. The molecule has 0 amide bonds. The first-order valence-electron chi connectivity index (χ1n) is 11.9. The van der Waals surface area contributed by atoms with Crippen LogP contribution in [0, 0.1) is 6.92 Å². The summed E-state index contributed by atoms with van der Waals surface area (Å²) in [6.07, 6.45) is 5.76. The molecule has 0 aliphatic carbocycles. The van der Waals surface area contributed by atoms with E-state index in [1.54, 1.807) is 62.5 Å². The maximum Gasteiger partial charge on any atom is 0.335 e. The summed E-state index contributed by atoms with van der Waals surface area (Å²) in [6, 6.07) is 17.4. The minimum absolute atomic E-state index is 0.162. The third-order valence-electron chi connectivity index (χ3n) is 6.35. The molecule has 0 spiro atoms. The lowest BCUT2D eigenvalue weighted by Crippen LogP contribution is -2.30. The average molecular weight is 522 g/mol. The van der Waals surface area contributed by atoms with Gasteiger partial charge < -0.3 is 5.11 Å². The van der Waals surface area contributed by atoms with Gasteiger partial charge in [0.25, 0.3) is 16.7 Å². The Morgan fingerprint density at radius 1 is 0.872 bits per heavy atom. The Hall–Kier alpha value is -5.60. The van der Waals surface area contributed by atoms with Crippen LogP contribution in [-0.2, 0) is 7.05 Å². The zero-order valence-electron chi connectivity index (χ0n) is 21.0. The molecule has 2 aromatic carbocycles. The molecule has 0 aliphatic heterocycles. The van der Waals surface area contributed by atoms with E-state index in [2.05, 4.69) is 15.8 Å². The summed E-state index contributed by atoms with van der Waals surface area (Å²) in [6.45, 7) is 1.71. The van der Waals surface area contributed by atoms with Gasteiger partial charge >= 0.3 is 5.69 Å². The number of nitrogens with one attached hydrogen (secondary N) is 2. The van der Waals surface area contributed by atoms with E-state index < -0.39 is 17.1 Å². The lowest BCUT2D eigenvalue weighted by Gasteiger charge is -2.08. The smallest absolute Gasteiger partial charge is 0.335 e. The average Bonchev–Trinajstić information content (AvgIpc) is 3.28. The normalized spacial score (nSPS) is 11.1. The maximum atomic E-state index is 13.2. The molecule has 0 unspecified atom stereocenters. The quantitative estimate of drug-likeness (QED) is 0.242. The topological polar surface area (TPSA) is 135 Å². The van der Waals surface area contributed by atoms with Gasteiger partial charge in [-0.25, -0.2) is 14.0 Å². The molecular weight excluding hydrogens is 498 g/mol. The van der Waals surface area contributed by atoms with E-state index in [-0.39, 0.29) is 16.7 Å². The Kier molecular flexibility index (Phi) is 6.45. The van der Waals surface area contributed by atoms with Crippen molar-refractivity contribution < 1.29 is 5.11 Å². The highest BCUT2D eigenvalue weighted by molar-refractivity contribution is 5.82. The number of fused-ring (bicyclic) bond motifs is 1. The Morgan fingerprint density at radius 3 is 2.18 bits per heavy atom. The summed E-state index contributed by atoms with van der Waals surface area (Å²) in [4.78, 5) is 53.0. The number of aromatic nitrogens is 5. The van der Waals surface area contributed by atoms with Crippen molar-refractivity contribution in [1.29, 1.82) is 0 Å². The molecule has 3 N–H and O–H groups in total. The number of hydrogen-bond acceptors (Lipinski definition) is 5. The van der Waals surface area contributed by atoms with E-state index in [4.69, 9.17) is 0 Å². The van der Waals surface area contributed by atoms with Crippen LogP contribution in [0.3, 0.4) is 0 Å². The first kappa shape index (κ1) is 25.1. The van der Waals surface area contributed by atoms with Gasteiger partial charge in [-0.05, 0) is 55.0 Å². The fraction of sp³-hybridized carbons (Fsp3) is 0.0690. The summed E-state index contributed by atoms with van der Waals surface area (Å²) in [5.41, 5.74) is 2.74. The van der Waals surface area contributed by atoms with Gasteiger partial charge in [0.1, 0.15) is 11.2 Å². The summed E-state index contributed by atoms with van der Waals surface area (Å²) >= 11 is 0. The number of benzene rings is 2. The molecule has 0 radical (unpaired) electrons. The van der Waals surface area contributed by atoms with Crippen molar-refractivity contribution in [3.05, 3.63) is 137 Å². The molecule has 5 rings (SSSR count). The Labute approximate surface area is 220 Å². The van der Waals surface area contributed by atoms with Crippen LogP contribution in [0.25, 0.3) is 34.6 Å². The summed E-state index contributed by atoms with van der Waals surface area (Å²) in [5, 5.41) is 14.0. The van der Waals surface area contributed by atoms with Crippen LogP contribution in [-0.4, -0.2) is 29.0 Å². The van der Waals surface area contributed by atoms with Gasteiger partial charge in [-0.15, -0.1) is 5.73 Å². The lowest BCUT2D eigenvalue weighted by molar-refractivity contribution is 0.429. The lowest BCUT2D eigenvalue weighted by atomic mass is 10.1. The third kappa shape index (κ3) is 4.41. The van der Waals surface area contributed by atoms with Crippen molar-refractivity contribution in [2.45, 2.75) is 6.92 Å². The van der Waals surface area contributed by atoms with Crippen LogP contribution in [0.2, 0.25) is 0 Å². The van der Waals surface area contributed by atoms with Gasteiger partial charge in [0.05, 0.1) is 16.8 Å². The van der Waals surface area contributed by atoms with E-state index in [9.17, 15) is 24.3 Å². The number of allylic oxidation sites excluding steroid dienone is 2. The number of aryl methyl sites for hydroxylation is 2. The summed E-state index contributed by atoms with van der Waals surface area (Å²) in [5.74, 6) is -0.530. The number of H-pyrrole nitrogens is 2. The van der Waals surface area contributed by atoms with Crippen LogP contribution in [0.1, 0.15) is 16.7 Å². The summed E-state index contributed by atoms with van der Waals surface area (Å²) in [7, 11) is 1.58. The van der Waals surface area contributed by atoms with E-state index in [1.807, 2.05) is 18.2 Å². The highest BCUT2D eigenvalue weighted by Gasteiger charge is 2.18. The SMILES string of the molecule is Cc1c(C=CC=C=Cc2c(O)n(-c3ccccc3)c(=O)[nH]c2=O)c(=O)n(C)c2[nH]n(-c3ccccc3)c(=O)c12. The first-order valence-corrected chi connectivity index (χ1v) is 11.9. The van der Waals surface area contributed by atoms with Crippen LogP contribution >= 0.6 is 0 Å². The number of pyridine rings is 1. The fourth-order valence-electron chi connectivity index (χ4n) is 4.36. The minimum Gasteiger partial charge on any atom is -0.494 e. The fourth-order valence-corrected chi connectivity index (χ4v) is 4.36. The van der Waals surface area contributed by atoms with E-state index in [1.165, 1.54) is 27.5 Å². The highest BCUT2D eigenvalue weighted by atomic mass is 16.3. The highest BCUT2D eigenvalue weighted by Crippen LogP contribution is 2.18. The van der Waals surface area contributed by atoms with Crippen LogP contribution in [0.4, 0.5) is 0 Å². The Morgan fingerprint density at radius 2 is 1.51 bits per heavy atom. The molecule has 194 valence electrons. The van der Waals surface area contributed by atoms with Gasteiger partial charge in [0, 0.05) is 12.6 Å². The molecule has 10 nitrogen and oxygen atoms in total. The second-order valence-electron chi connectivity index (χ2n) is 8.72. The Bertz CT molecular complexity index is 2050. The molecule has 0 bridgehead atoms. The second kappa shape index (κ2) is 10.0. The van der Waals surface area contributed by atoms with Gasteiger partial charge in [-0.2, -0.15) is 0 Å². The predicted molar refractivity (Wildman–Crippen MR) is 150 cm³/mol. The van der Waals surface area contributed by atoms with Crippen molar-refractivity contribution in [1.82, 2.24) is 23.9 Å². The van der Waals surface area contributed by atoms with E-state index >= 15 is 0 Å². The van der Waals surface area contributed by atoms with Gasteiger partial charge in [0.15, 0.2) is 0 Å². The predicted octanol–water partition coefficient (Wildman–Crippen LogP) is 2.75. The van der Waals surface area contributed by atoms with Crippen molar-refractivity contribution in [2.24, 2.45) is 7.05 Å². The molecular formula is C29H23N5O5. The van der Waals surface area contributed by atoms with Crippen molar-refractivity contribution in [2.75, 3.05) is 0 Å². The number of nitrogens with zero attached hydrogens (tertiary/aromatic N) is 3. The van der Waals surface area contributed by atoms with Gasteiger partial charge in [-0.1, -0.05) is 42.5 Å². The van der Waals surface area contributed by atoms with Crippen LogP contribution in [0.5, 0.6) is 5.88 Å². The number of aromatic hydroxyl groups is 1. The number of aromatic amines is 2. The maximum absolute atomic E-state index is 13.2. The molecule has 10 heteroatoms.